The number of aromatic nitrogens is 2. The molecule has 1 aliphatic rings. The van der Waals surface area contributed by atoms with Crippen molar-refractivity contribution >= 4 is 35.1 Å². The number of rotatable bonds is 8. The largest absolute Gasteiger partial charge is 0.416 e. The van der Waals surface area contributed by atoms with Gasteiger partial charge in [0.15, 0.2) is 0 Å². The molecule has 13 heteroatoms. The molecular formula is C33H30ClF4N5O3. The molecule has 3 amide bonds. The van der Waals surface area contributed by atoms with Crippen molar-refractivity contribution in [1.29, 1.82) is 0 Å². The van der Waals surface area contributed by atoms with Gasteiger partial charge in [-0.15, -0.1) is 11.6 Å². The fraction of sp³-hybridized carbons (Fsp3) is 0.273. The van der Waals surface area contributed by atoms with Gasteiger partial charge in [0, 0.05) is 43.6 Å². The summed E-state index contributed by atoms with van der Waals surface area (Å²) >= 11 is 6.42. The first-order valence-electron chi connectivity index (χ1n) is 14.4. The highest BCUT2D eigenvalue weighted by Gasteiger charge is 2.48. The maximum atomic E-state index is 14.4. The van der Waals surface area contributed by atoms with Crippen LogP contribution in [0.1, 0.15) is 51.5 Å². The van der Waals surface area contributed by atoms with Crippen molar-refractivity contribution in [2.45, 2.75) is 31.0 Å². The summed E-state index contributed by atoms with van der Waals surface area (Å²) in [6, 6.07) is 16.7. The lowest BCUT2D eigenvalue weighted by molar-refractivity contribution is -0.137. The molecule has 1 N–H and O–H groups in total. The van der Waals surface area contributed by atoms with Crippen LogP contribution in [-0.2, 0) is 15.8 Å². The first kappa shape index (κ1) is 32.7. The molecule has 0 aliphatic carbocycles. The van der Waals surface area contributed by atoms with Gasteiger partial charge in [-0.05, 0) is 55.0 Å². The molecule has 46 heavy (non-hydrogen) atoms. The number of benzene rings is 3. The second-order valence-corrected chi connectivity index (χ2v) is 11.3. The Bertz CT molecular complexity index is 1760. The topological polar surface area (TPSA) is 87.5 Å². The lowest BCUT2D eigenvalue weighted by Crippen LogP contribution is -2.55. The molecule has 5 rings (SSSR count). The van der Waals surface area contributed by atoms with Gasteiger partial charge in [0.1, 0.15) is 17.7 Å². The molecule has 0 spiro atoms. The molecule has 3 aromatic carbocycles. The summed E-state index contributed by atoms with van der Waals surface area (Å²) in [5.74, 6) is -4.27. The Balaban J connectivity index is 1.77. The van der Waals surface area contributed by atoms with E-state index in [1.807, 2.05) is 0 Å². The van der Waals surface area contributed by atoms with E-state index in [9.17, 15) is 31.9 Å². The lowest BCUT2D eigenvalue weighted by Gasteiger charge is -2.39. The van der Waals surface area contributed by atoms with E-state index in [1.54, 1.807) is 51.4 Å². The molecule has 0 radical (unpaired) electrons. The zero-order valence-corrected chi connectivity index (χ0v) is 25.8. The number of halogens is 5. The fourth-order valence-electron chi connectivity index (χ4n) is 5.69. The van der Waals surface area contributed by atoms with E-state index in [2.05, 4.69) is 5.32 Å². The van der Waals surface area contributed by atoms with E-state index in [0.717, 1.165) is 12.1 Å². The number of anilines is 1. The molecule has 0 saturated carbocycles. The van der Waals surface area contributed by atoms with Gasteiger partial charge in [0.25, 0.3) is 11.8 Å². The van der Waals surface area contributed by atoms with Crippen molar-refractivity contribution in [2.75, 3.05) is 31.4 Å². The van der Waals surface area contributed by atoms with Crippen LogP contribution in [0, 0.1) is 5.82 Å². The third-order valence-corrected chi connectivity index (χ3v) is 8.17. The number of alkyl halides is 4. The van der Waals surface area contributed by atoms with Crippen LogP contribution in [0.25, 0.3) is 5.69 Å². The number of likely N-dealkylation sites (N-methyl/N-ethyl adjacent to an activating group) is 2. The summed E-state index contributed by atoms with van der Waals surface area (Å²) in [6.07, 6.45) is -4.70. The quantitative estimate of drug-likeness (QED) is 0.194. The molecule has 240 valence electrons. The highest BCUT2D eigenvalue weighted by Crippen LogP contribution is 2.46. The first-order chi connectivity index (χ1) is 21.9. The fourth-order valence-corrected chi connectivity index (χ4v) is 5.97. The zero-order chi connectivity index (χ0) is 33.3. The summed E-state index contributed by atoms with van der Waals surface area (Å²) in [5.41, 5.74) is 0.280. The number of nitrogens with one attached hydrogen (secondary N) is 1. The summed E-state index contributed by atoms with van der Waals surface area (Å²) in [5, 5.41) is 7.51. The Labute approximate surface area is 267 Å². The highest BCUT2D eigenvalue weighted by molar-refractivity contribution is 6.20. The van der Waals surface area contributed by atoms with Gasteiger partial charge in [0.05, 0.1) is 22.9 Å². The predicted molar refractivity (Wildman–Crippen MR) is 165 cm³/mol. The van der Waals surface area contributed by atoms with Crippen molar-refractivity contribution in [3.63, 3.8) is 0 Å². The Hall–Kier alpha value is -4.71. The number of hydrogen-bond donors (Lipinski definition) is 1. The lowest BCUT2D eigenvalue weighted by atomic mass is 9.79. The van der Waals surface area contributed by atoms with E-state index in [-0.39, 0.29) is 29.6 Å². The van der Waals surface area contributed by atoms with Crippen molar-refractivity contribution in [1.82, 2.24) is 20.0 Å². The van der Waals surface area contributed by atoms with Crippen LogP contribution in [0.2, 0.25) is 0 Å². The van der Waals surface area contributed by atoms with Gasteiger partial charge in [-0.25, -0.2) is 9.07 Å². The van der Waals surface area contributed by atoms with Crippen LogP contribution in [0.15, 0.2) is 78.9 Å². The third-order valence-electron chi connectivity index (χ3n) is 7.87. The van der Waals surface area contributed by atoms with Gasteiger partial charge in [-0.2, -0.15) is 18.3 Å². The standard InChI is InChI=1S/C33H30ClF4N5O3/c1-4-42-30-26(27(24(18-34)31(45)41(2)3)40-43(30)23-11-6-5-7-12-23)25(19-13-15-22(35)16-14-19)28(32(42)46)39-29(44)20-9-8-10-21(17-20)33(36,37)38/h5-17,24-25,28H,4,18H2,1-3H3,(H,39,44)/t24?,25-,28-/m1/s1. The minimum absolute atomic E-state index is 0.114. The number of para-hydroxylation sites is 1. The van der Waals surface area contributed by atoms with Crippen molar-refractivity contribution < 1.29 is 31.9 Å². The summed E-state index contributed by atoms with van der Waals surface area (Å²) in [6.45, 7) is 1.83. The monoisotopic (exact) mass is 655 g/mol. The van der Waals surface area contributed by atoms with Crippen LogP contribution in [-0.4, -0.2) is 65.0 Å². The molecule has 1 aromatic heterocycles. The number of amides is 3. The zero-order valence-electron chi connectivity index (χ0n) is 25.1. The second kappa shape index (κ2) is 13.0. The normalized spacial score (nSPS) is 17.0. The Kier molecular flexibility index (Phi) is 9.20. The molecule has 8 nitrogen and oxygen atoms in total. The highest BCUT2D eigenvalue weighted by atomic mass is 35.5. The van der Waals surface area contributed by atoms with Crippen LogP contribution in [0.3, 0.4) is 0 Å². The number of nitrogens with zero attached hydrogens (tertiary/aromatic N) is 4. The van der Waals surface area contributed by atoms with Crippen molar-refractivity contribution in [2.24, 2.45) is 0 Å². The van der Waals surface area contributed by atoms with Crippen molar-refractivity contribution in [3.8, 4) is 5.69 Å². The minimum atomic E-state index is -4.70. The Morgan fingerprint density at radius 2 is 1.70 bits per heavy atom. The third kappa shape index (κ3) is 6.09. The summed E-state index contributed by atoms with van der Waals surface area (Å²) in [7, 11) is 3.14. The Morgan fingerprint density at radius 3 is 2.28 bits per heavy atom. The van der Waals surface area contributed by atoms with E-state index in [0.29, 0.717) is 28.7 Å². The van der Waals surface area contributed by atoms with Gasteiger partial charge in [0.2, 0.25) is 5.91 Å². The summed E-state index contributed by atoms with van der Waals surface area (Å²) < 4.78 is 56.1. The van der Waals surface area contributed by atoms with E-state index in [1.165, 1.54) is 44.8 Å². The van der Waals surface area contributed by atoms with Crippen LogP contribution < -0.4 is 10.2 Å². The average molecular weight is 656 g/mol. The minimum Gasteiger partial charge on any atom is -0.348 e. The molecule has 3 atom stereocenters. The van der Waals surface area contributed by atoms with Gasteiger partial charge < -0.3 is 10.2 Å². The first-order valence-corrected chi connectivity index (χ1v) is 14.9. The van der Waals surface area contributed by atoms with Crippen LogP contribution in [0.4, 0.5) is 23.4 Å². The molecule has 0 fully saturated rings. The smallest absolute Gasteiger partial charge is 0.348 e. The van der Waals surface area contributed by atoms with Gasteiger partial charge >= 0.3 is 6.18 Å². The summed E-state index contributed by atoms with van der Waals surface area (Å²) in [4.78, 5) is 44.2. The van der Waals surface area contributed by atoms with E-state index >= 15 is 0 Å². The Morgan fingerprint density at radius 1 is 1.02 bits per heavy atom. The molecule has 4 aromatic rings. The molecule has 1 unspecified atom stereocenters. The molecule has 1 aliphatic heterocycles. The molecule has 0 bridgehead atoms. The van der Waals surface area contributed by atoms with Gasteiger partial charge in [-0.1, -0.05) is 36.4 Å². The SMILES string of the molecule is CCN1C(=O)[C@H](NC(=O)c2cccc(C(F)(F)F)c2)[C@H](c2ccc(F)cc2)c2c(C(CCl)C(=O)N(C)C)nn(-c3ccccc3)c21. The van der Waals surface area contributed by atoms with E-state index in [4.69, 9.17) is 16.7 Å². The number of fused-ring (bicyclic) bond motifs is 1. The second-order valence-electron chi connectivity index (χ2n) is 11.0. The molecule has 2 heterocycles. The number of carbonyl (C=O) groups excluding carboxylic acids is 3. The van der Waals surface area contributed by atoms with Crippen LogP contribution >= 0.6 is 11.6 Å². The van der Waals surface area contributed by atoms with Gasteiger partial charge in [-0.3, -0.25) is 19.3 Å². The van der Waals surface area contributed by atoms with Crippen molar-refractivity contribution in [3.05, 3.63) is 113 Å². The molecular weight excluding hydrogens is 626 g/mol. The maximum Gasteiger partial charge on any atom is 0.416 e. The number of hydrogen-bond acceptors (Lipinski definition) is 4. The van der Waals surface area contributed by atoms with E-state index < -0.39 is 47.2 Å². The number of carbonyl (C=O) groups is 3. The van der Waals surface area contributed by atoms with Crippen LogP contribution in [0.5, 0.6) is 0 Å². The average Bonchev–Trinajstić information content (AvgIpc) is 3.42. The predicted octanol–water partition coefficient (Wildman–Crippen LogP) is 5.74. The molecule has 0 saturated heterocycles. The maximum absolute atomic E-state index is 14.4.